The number of rotatable bonds is 4. The van der Waals surface area contributed by atoms with Gasteiger partial charge in [-0.3, -0.25) is 0 Å². The monoisotopic (exact) mass is 296 g/mol. The van der Waals surface area contributed by atoms with Crippen molar-refractivity contribution in [2.75, 3.05) is 5.88 Å². The quantitative estimate of drug-likeness (QED) is 0.753. The first-order valence-electron chi connectivity index (χ1n) is 6.78. The van der Waals surface area contributed by atoms with E-state index < -0.39 is 0 Å². The zero-order chi connectivity index (χ0) is 13.6. The van der Waals surface area contributed by atoms with E-state index in [0.29, 0.717) is 5.88 Å². The SMILES string of the molecule is CC(C)(C1CC1)n1c(CCCl)nc2cccc(Cl)c21. The molecule has 2 aromatic rings. The van der Waals surface area contributed by atoms with Gasteiger partial charge in [0.1, 0.15) is 5.82 Å². The van der Waals surface area contributed by atoms with E-state index in [1.807, 2.05) is 18.2 Å². The highest BCUT2D eigenvalue weighted by Crippen LogP contribution is 2.46. The van der Waals surface area contributed by atoms with Crippen molar-refractivity contribution < 1.29 is 0 Å². The molecule has 0 spiro atoms. The largest absolute Gasteiger partial charge is 0.321 e. The standard InChI is InChI=1S/C15H18Cl2N2/c1-15(2,10-6-7-10)19-13(8-9-16)18-12-5-3-4-11(17)14(12)19/h3-5,10H,6-9H2,1-2H3. The van der Waals surface area contributed by atoms with Gasteiger partial charge in [0.15, 0.2) is 0 Å². The average Bonchev–Trinajstić information content (AvgIpc) is 3.13. The molecule has 0 unspecified atom stereocenters. The molecule has 1 aliphatic rings. The van der Waals surface area contributed by atoms with Crippen LogP contribution in [0.25, 0.3) is 11.0 Å². The summed E-state index contributed by atoms with van der Waals surface area (Å²) >= 11 is 12.3. The third-order valence-corrected chi connectivity index (χ3v) is 4.66. The first-order valence-corrected chi connectivity index (χ1v) is 7.69. The average molecular weight is 297 g/mol. The van der Waals surface area contributed by atoms with Crippen LogP contribution in [-0.2, 0) is 12.0 Å². The first-order chi connectivity index (χ1) is 9.05. The van der Waals surface area contributed by atoms with Crippen molar-refractivity contribution in [3.05, 3.63) is 29.0 Å². The van der Waals surface area contributed by atoms with Gasteiger partial charge in [-0.05, 0) is 44.7 Å². The van der Waals surface area contributed by atoms with E-state index in [0.717, 1.165) is 34.2 Å². The van der Waals surface area contributed by atoms with Crippen LogP contribution in [0.1, 0.15) is 32.5 Å². The lowest BCUT2D eigenvalue weighted by Gasteiger charge is -2.30. The molecule has 0 N–H and O–H groups in total. The third kappa shape index (κ3) is 2.15. The van der Waals surface area contributed by atoms with Gasteiger partial charge in [0.05, 0.1) is 16.1 Å². The Morgan fingerprint density at radius 2 is 2.11 bits per heavy atom. The molecule has 0 amide bonds. The Hall–Kier alpha value is -0.730. The number of hydrogen-bond acceptors (Lipinski definition) is 1. The van der Waals surface area contributed by atoms with Crippen molar-refractivity contribution in [3.63, 3.8) is 0 Å². The van der Waals surface area contributed by atoms with E-state index in [1.165, 1.54) is 12.8 Å². The molecule has 3 rings (SSSR count). The van der Waals surface area contributed by atoms with Crippen LogP contribution in [0.3, 0.4) is 0 Å². The second-order valence-corrected chi connectivity index (χ2v) is 6.62. The van der Waals surface area contributed by atoms with Gasteiger partial charge >= 0.3 is 0 Å². The summed E-state index contributed by atoms with van der Waals surface area (Å²) in [7, 11) is 0. The molecule has 19 heavy (non-hydrogen) atoms. The highest BCUT2D eigenvalue weighted by atomic mass is 35.5. The number of benzene rings is 1. The number of aromatic nitrogens is 2. The van der Waals surface area contributed by atoms with Crippen LogP contribution >= 0.6 is 23.2 Å². The number of nitrogens with zero attached hydrogens (tertiary/aromatic N) is 2. The smallest absolute Gasteiger partial charge is 0.111 e. The summed E-state index contributed by atoms with van der Waals surface area (Å²) in [4.78, 5) is 4.73. The van der Waals surface area contributed by atoms with Crippen LogP contribution in [0.2, 0.25) is 5.02 Å². The Morgan fingerprint density at radius 3 is 2.74 bits per heavy atom. The molecular formula is C15H18Cl2N2. The van der Waals surface area contributed by atoms with E-state index in [2.05, 4.69) is 18.4 Å². The molecule has 1 aliphatic carbocycles. The van der Waals surface area contributed by atoms with Crippen LogP contribution < -0.4 is 0 Å². The fourth-order valence-electron chi connectivity index (χ4n) is 2.98. The van der Waals surface area contributed by atoms with E-state index in [1.54, 1.807) is 0 Å². The summed E-state index contributed by atoms with van der Waals surface area (Å²) in [5.74, 6) is 2.35. The predicted molar refractivity (Wildman–Crippen MR) is 81.2 cm³/mol. The van der Waals surface area contributed by atoms with Gasteiger partial charge in [-0.25, -0.2) is 4.98 Å². The maximum absolute atomic E-state index is 6.41. The van der Waals surface area contributed by atoms with Gasteiger partial charge in [-0.1, -0.05) is 17.7 Å². The Kier molecular flexibility index (Phi) is 3.26. The first kappa shape index (κ1) is 13.3. The van der Waals surface area contributed by atoms with Crippen LogP contribution in [0.15, 0.2) is 18.2 Å². The topological polar surface area (TPSA) is 17.8 Å². The molecular weight excluding hydrogens is 279 g/mol. The molecule has 0 atom stereocenters. The number of imidazole rings is 1. The van der Waals surface area contributed by atoms with Gasteiger partial charge in [0, 0.05) is 17.8 Å². The number of halogens is 2. The summed E-state index contributed by atoms with van der Waals surface area (Å²) in [5.41, 5.74) is 2.09. The van der Waals surface area contributed by atoms with E-state index >= 15 is 0 Å². The molecule has 0 bridgehead atoms. The minimum Gasteiger partial charge on any atom is -0.321 e. The Morgan fingerprint density at radius 1 is 1.37 bits per heavy atom. The highest BCUT2D eigenvalue weighted by Gasteiger charge is 2.41. The van der Waals surface area contributed by atoms with Crippen LogP contribution in [-0.4, -0.2) is 15.4 Å². The Labute approximate surface area is 123 Å². The molecule has 0 aliphatic heterocycles. The highest BCUT2D eigenvalue weighted by molar-refractivity contribution is 6.35. The molecule has 0 saturated heterocycles. The number of para-hydroxylation sites is 1. The number of hydrogen-bond donors (Lipinski definition) is 0. The van der Waals surface area contributed by atoms with E-state index in [9.17, 15) is 0 Å². The summed E-state index contributed by atoms with van der Waals surface area (Å²) < 4.78 is 2.32. The van der Waals surface area contributed by atoms with Gasteiger partial charge in [-0.2, -0.15) is 0 Å². The van der Waals surface area contributed by atoms with Crippen molar-refractivity contribution in [3.8, 4) is 0 Å². The van der Waals surface area contributed by atoms with Crippen LogP contribution in [0, 0.1) is 5.92 Å². The van der Waals surface area contributed by atoms with Crippen molar-refractivity contribution in [2.24, 2.45) is 5.92 Å². The van der Waals surface area contributed by atoms with E-state index in [-0.39, 0.29) is 5.54 Å². The summed E-state index contributed by atoms with van der Waals surface area (Å²) in [5, 5.41) is 0.777. The van der Waals surface area contributed by atoms with Gasteiger partial charge < -0.3 is 4.57 Å². The van der Waals surface area contributed by atoms with Crippen molar-refractivity contribution >= 4 is 34.2 Å². The molecule has 102 valence electrons. The molecule has 1 fully saturated rings. The van der Waals surface area contributed by atoms with Crippen molar-refractivity contribution in [1.29, 1.82) is 0 Å². The summed E-state index contributed by atoms with van der Waals surface area (Å²) in [6.45, 7) is 4.57. The second-order valence-electron chi connectivity index (χ2n) is 5.84. The van der Waals surface area contributed by atoms with Crippen LogP contribution in [0.5, 0.6) is 0 Å². The lowest BCUT2D eigenvalue weighted by molar-refractivity contribution is 0.305. The Bertz CT molecular complexity index is 612. The lowest BCUT2D eigenvalue weighted by Crippen LogP contribution is -2.30. The molecule has 1 aromatic carbocycles. The number of aryl methyl sites for hydroxylation is 1. The van der Waals surface area contributed by atoms with Crippen molar-refractivity contribution in [1.82, 2.24) is 9.55 Å². The minimum absolute atomic E-state index is 0.0567. The lowest BCUT2D eigenvalue weighted by atomic mass is 9.97. The number of alkyl halides is 1. The maximum Gasteiger partial charge on any atom is 0.111 e. The molecule has 1 aromatic heterocycles. The van der Waals surface area contributed by atoms with Crippen LogP contribution in [0.4, 0.5) is 0 Å². The van der Waals surface area contributed by atoms with Crippen molar-refractivity contribution in [2.45, 2.75) is 38.6 Å². The van der Waals surface area contributed by atoms with E-state index in [4.69, 9.17) is 28.2 Å². The second kappa shape index (κ2) is 4.68. The molecule has 0 radical (unpaired) electrons. The normalized spacial score (nSPS) is 16.2. The molecule has 1 saturated carbocycles. The zero-order valence-corrected chi connectivity index (χ0v) is 12.8. The van der Waals surface area contributed by atoms with Gasteiger partial charge in [0.2, 0.25) is 0 Å². The summed E-state index contributed by atoms with van der Waals surface area (Å²) in [6.07, 6.45) is 3.36. The van der Waals surface area contributed by atoms with Gasteiger partial charge in [-0.15, -0.1) is 11.6 Å². The maximum atomic E-state index is 6.41. The molecule has 1 heterocycles. The third-order valence-electron chi connectivity index (χ3n) is 4.17. The molecule has 2 nitrogen and oxygen atoms in total. The number of fused-ring (bicyclic) bond motifs is 1. The summed E-state index contributed by atoms with van der Waals surface area (Å²) in [6, 6.07) is 5.92. The van der Waals surface area contributed by atoms with Gasteiger partial charge in [0.25, 0.3) is 0 Å². The Balaban J connectivity index is 2.26. The molecule has 4 heteroatoms. The predicted octanol–water partition coefficient (Wildman–Crippen LogP) is 4.62. The zero-order valence-electron chi connectivity index (χ0n) is 11.3. The minimum atomic E-state index is 0.0567. The fraction of sp³-hybridized carbons (Fsp3) is 0.533. The fourth-order valence-corrected chi connectivity index (χ4v) is 3.40.